The molecule has 1 N–H and O–H groups in total. The highest BCUT2D eigenvalue weighted by Crippen LogP contribution is 2.50. The first-order chi connectivity index (χ1) is 15.4. The van der Waals surface area contributed by atoms with Gasteiger partial charge in [0.2, 0.25) is 5.28 Å². The number of carbonyl (C=O) groups is 1. The van der Waals surface area contributed by atoms with E-state index >= 15 is 0 Å². The normalized spacial score (nSPS) is 24.2. The fourth-order valence-electron chi connectivity index (χ4n) is 5.76. The molecular weight excluding hydrogens is 449 g/mol. The summed E-state index contributed by atoms with van der Waals surface area (Å²) in [6.07, 6.45) is 3.78. The van der Waals surface area contributed by atoms with Gasteiger partial charge >= 0.3 is 6.09 Å². The smallest absolute Gasteiger partial charge is 0.407 e. The van der Waals surface area contributed by atoms with E-state index in [1.165, 1.54) is 16.0 Å². The zero-order valence-corrected chi connectivity index (χ0v) is 19.0. The molecule has 1 aromatic heterocycles. The summed E-state index contributed by atoms with van der Waals surface area (Å²) in [4.78, 5) is 24.2. The largest absolute Gasteiger partial charge is 0.465 e. The van der Waals surface area contributed by atoms with Crippen molar-refractivity contribution in [3.63, 3.8) is 0 Å². The van der Waals surface area contributed by atoms with Crippen molar-refractivity contribution in [1.29, 1.82) is 5.26 Å². The van der Waals surface area contributed by atoms with Gasteiger partial charge in [-0.1, -0.05) is 23.7 Å². The van der Waals surface area contributed by atoms with E-state index < -0.39 is 12.1 Å². The first-order valence-corrected chi connectivity index (χ1v) is 11.6. The van der Waals surface area contributed by atoms with Crippen molar-refractivity contribution in [3.05, 3.63) is 50.9 Å². The minimum absolute atomic E-state index is 0.0214. The molecular formula is C23H23Cl2N5O2. The van der Waals surface area contributed by atoms with E-state index in [9.17, 15) is 15.2 Å². The molecule has 0 radical (unpaired) electrons. The Hall–Kier alpha value is -2.56. The molecule has 2 aliphatic carbocycles. The van der Waals surface area contributed by atoms with Gasteiger partial charge in [0.1, 0.15) is 5.82 Å². The summed E-state index contributed by atoms with van der Waals surface area (Å²) in [7, 11) is 0. The van der Waals surface area contributed by atoms with E-state index in [-0.39, 0.29) is 17.1 Å². The second-order valence-electron chi connectivity index (χ2n) is 8.90. The number of hydrogen-bond donors (Lipinski definition) is 1. The van der Waals surface area contributed by atoms with Crippen LogP contribution in [0.5, 0.6) is 0 Å². The number of piperazine rings is 1. The molecule has 32 heavy (non-hydrogen) atoms. The molecule has 1 aliphatic heterocycles. The van der Waals surface area contributed by atoms with E-state index in [1.54, 1.807) is 0 Å². The number of fused-ring (bicyclic) bond motifs is 3. The molecule has 2 heterocycles. The van der Waals surface area contributed by atoms with Crippen LogP contribution in [-0.2, 0) is 24.7 Å². The molecule has 1 unspecified atom stereocenters. The summed E-state index contributed by atoms with van der Waals surface area (Å²) in [6, 6.07) is 7.90. The minimum atomic E-state index is -0.992. The Bertz CT molecular complexity index is 1130. The van der Waals surface area contributed by atoms with Gasteiger partial charge in [0.05, 0.1) is 24.2 Å². The van der Waals surface area contributed by atoms with Crippen molar-refractivity contribution in [2.24, 2.45) is 0 Å². The second-order valence-corrected chi connectivity index (χ2v) is 9.65. The topological polar surface area (TPSA) is 93.4 Å². The number of benzene rings is 1. The highest BCUT2D eigenvalue weighted by molar-refractivity contribution is 6.31. The summed E-state index contributed by atoms with van der Waals surface area (Å²) in [6.45, 7) is 1.26. The van der Waals surface area contributed by atoms with E-state index in [1.807, 2.05) is 12.1 Å². The van der Waals surface area contributed by atoms with Crippen molar-refractivity contribution < 1.29 is 9.90 Å². The van der Waals surface area contributed by atoms with Gasteiger partial charge < -0.3 is 14.9 Å². The van der Waals surface area contributed by atoms with Gasteiger partial charge in [-0.3, -0.25) is 0 Å². The lowest BCUT2D eigenvalue weighted by Crippen LogP contribution is -2.55. The summed E-state index contributed by atoms with van der Waals surface area (Å²) in [5, 5.41) is 19.7. The lowest BCUT2D eigenvalue weighted by molar-refractivity contribution is 0.119. The van der Waals surface area contributed by atoms with Gasteiger partial charge in [0, 0.05) is 35.6 Å². The minimum Gasteiger partial charge on any atom is -0.465 e. The van der Waals surface area contributed by atoms with Gasteiger partial charge in [-0.2, -0.15) is 5.26 Å². The maximum atomic E-state index is 11.6. The SMILES string of the molecule is N#CC[C@H]1CN(c2nc(Cl)nc3c2CCC2(CCc4c(Cl)cccc42)C3)CCN1C(=O)O. The van der Waals surface area contributed by atoms with Crippen molar-refractivity contribution in [1.82, 2.24) is 14.9 Å². The highest BCUT2D eigenvalue weighted by atomic mass is 35.5. The van der Waals surface area contributed by atoms with Crippen LogP contribution in [0.15, 0.2) is 18.2 Å². The quantitative estimate of drug-likeness (QED) is 0.658. The Morgan fingerprint density at radius 3 is 2.75 bits per heavy atom. The lowest BCUT2D eigenvalue weighted by atomic mass is 9.69. The van der Waals surface area contributed by atoms with Crippen molar-refractivity contribution >= 4 is 35.1 Å². The van der Waals surface area contributed by atoms with Crippen LogP contribution < -0.4 is 4.90 Å². The van der Waals surface area contributed by atoms with Crippen LogP contribution in [0.2, 0.25) is 10.3 Å². The molecule has 1 amide bonds. The maximum Gasteiger partial charge on any atom is 0.407 e. The maximum absolute atomic E-state index is 11.6. The number of nitriles is 1. The molecule has 5 rings (SSSR count). The number of anilines is 1. The molecule has 0 bridgehead atoms. The molecule has 1 aromatic carbocycles. The van der Waals surface area contributed by atoms with Gasteiger partial charge in [0.15, 0.2) is 0 Å². The second kappa shape index (κ2) is 8.09. The molecule has 9 heteroatoms. The van der Waals surface area contributed by atoms with Crippen molar-refractivity contribution in [2.75, 3.05) is 24.5 Å². The average molecular weight is 472 g/mol. The molecule has 2 atom stereocenters. The first-order valence-electron chi connectivity index (χ1n) is 10.9. The molecule has 2 aromatic rings. The van der Waals surface area contributed by atoms with Crippen LogP contribution in [0.3, 0.4) is 0 Å². The Labute approximate surface area is 196 Å². The van der Waals surface area contributed by atoms with E-state index in [2.05, 4.69) is 27.0 Å². The first kappa shape index (κ1) is 21.3. The van der Waals surface area contributed by atoms with Gasteiger partial charge in [-0.25, -0.2) is 14.8 Å². The van der Waals surface area contributed by atoms with E-state index in [4.69, 9.17) is 23.2 Å². The zero-order chi connectivity index (χ0) is 22.5. The number of amides is 1. The molecule has 0 saturated carbocycles. The van der Waals surface area contributed by atoms with Crippen molar-refractivity contribution in [2.45, 2.75) is 50.0 Å². The Balaban J connectivity index is 1.48. The van der Waals surface area contributed by atoms with Gasteiger partial charge in [-0.05, 0) is 60.9 Å². The van der Waals surface area contributed by atoms with Crippen LogP contribution >= 0.6 is 23.2 Å². The molecule has 7 nitrogen and oxygen atoms in total. The predicted molar refractivity (Wildman–Crippen MR) is 121 cm³/mol. The monoisotopic (exact) mass is 471 g/mol. The van der Waals surface area contributed by atoms with E-state index in [0.717, 1.165) is 54.2 Å². The number of rotatable bonds is 2. The summed E-state index contributed by atoms with van der Waals surface area (Å²) < 4.78 is 0. The van der Waals surface area contributed by atoms with Crippen LogP contribution in [-0.4, -0.2) is 51.7 Å². The van der Waals surface area contributed by atoms with Crippen LogP contribution in [0.1, 0.15) is 41.6 Å². The van der Waals surface area contributed by atoms with Crippen LogP contribution in [0.4, 0.5) is 10.6 Å². The third kappa shape index (κ3) is 3.46. The fourth-order valence-corrected chi connectivity index (χ4v) is 6.21. The van der Waals surface area contributed by atoms with Gasteiger partial charge in [0.25, 0.3) is 0 Å². The molecule has 166 valence electrons. The summed E-state index contributed by atoms with van der Waals surface area (Å²) >= 11 is 12.8. The van der Waals surface area contributed by atoms with Gasteiger partial charge in [-0.15, -0.1) is 0 Å². The number of hydrogen-bond acceptors (Lipinski definition) is 5. The van der Waals surface area contributed by atoms with Crippen LogP contribution in [0.25, 0.3) is 0 Å². The third-order valence-electron chi connectivity index (χ3n) is 7.30. The average Bonchev–Trinajstić information content (AvgIpc) is 3.12. The number of aromatic nitrogens is 2. The molecule has 1 saturated heterocycles. The Morgan fingerprint density at radius 1 is 1.22 bits per heavy atom. The Kier molecular flexibility index (Phi) is 5.39. The predicted octanol–water partition coefficient (Wildman–Crippen LogP) is 4.24. The number of nitrogens with zero attached hydrogens (tertiary/aromatic N) is 5. The Morgan fingerprint density at radius 2 is 2.00 bits per heavy atom. The fraction of sp³-hybridized carbons (Fsp3) is 0.478. The standard InChI is InChI=1S/C23H23Cl2N5O2/c24-18-3-1-2-17-15(18)4-7-23(17)8-5-16-19(12-23)27-21(25)28-20(16)29-10-11-30(22(31)32)14(13-29)6-9-26/h1-3,14H,4-8,10-13H2,(H,31,32)/t14-,23?/m0/s1. The number of carboxylic acid groups (broad SMARTS) is 1. The molecule has 3 aliphatic rings. The number of halogens is 2. The van der Waals surface area contributed by atoms with Crippen molar-refractivity contribution in [3.8, 4) is 6.07 Å². The van der Waals surface area contributed by atoms with E-state index in [0.29, 0.717) is 19.6 Å². The lowest BCUT2D eigenvalue weighted by Gasteiger charge is -2.42. The summed E-state index contributed by atoms with van der Waals surface area (Å²) in [5.74, 6) is 0.784. The zero-order valence-electron chi connectivity index (χ0n) is 17.5. The molecule has 1 spiro atoms. The van der Waals surface area contributed by atoms with Crippen LogP contribution in [0, 0.1) is 11.3 Å². The third-order valence-corrected chi connectivity index (χ3v) is 7.82. The summed E-state index contributed by atoms with van der Waals surface area (Å²) in [5.41, 5.74) is 4.66. The highest BCUT2D eigenvalue weighted by Gasteiger charge is 2.44. The molecule has 1 fully saturated rings.